The van der Waals surface area contributed by atoms with Crippen molar-refractivity contribution in [3.8, 4) is 5.75 Å². The summed E-state index contributed by atoms with van der Waals surface area (Å²) in [5, 5.41) is 0. The van der Waals surface area contributed by atoms with Crippen LogP contribution in [0.2, 0.25) is 0 Å². The second-order valence-electron chi connectivity index (χ2n) is 5.29. The first kappa shape index (κ1) is 13.4. The maximum Gasteiger partial charge on any atom is 0.124 e. The van der Waals surface area contributed by atoms with Crippen LogP contribution in [0.3, 0.4) is 0 Å². The van der Waals surface area contributed by atoms with Crippen LogP contribution in [-0.4, -0.2) is 18.8 Å². The van der Waals surface area contributed by atoms with E-state index >= 15 is 0 Å². The van der Waals surface area contributed by atoms with Gasteiger partial charge in [0.15, 0.2) is 0 Å². The van der Waals surface area contributed by atoms with Gasteiger partial charge in [0.05, 0.1) is 12.2 Å². The fourth-order valence-electron chi connectivity index (χ4n) is 2.35. The molecule has 3 heteroatoms. The first-order valence-corrected chi connectivity index (χ1v) is 6.70. The number of aryl methyl sites for hydroxylation is 1. The van der Waals surface area contributed by atoms with Crippen molar-refractivity contribution in [2.75, 3.05) is 6.61 Å². The highest BCUT2D eigenvalue weighted by Gasteiger charge is 2.22. The number of hydrogen-bond acceptors (Lipinski definition) is 3. The first-order valence-electron chi connectivity index (χ1n) is 6.70. The Hall–Kier alpha value is -1.06. The highest BCUT2D eigenvalue weighted by molar-refractivity contribution is 5.38. The minimum atomic E-state index is -0.0108. The van der Waals surface area contributed by atoms with Gasteiger partial charge in [-0.1, -0.05) is 17.7 Å². The SMILES string of the molecule is Cc1ccc(OCC2CCC(C)O2)c([C@@H](C)N)c1. The van der Waals surface area contributed by atoms with Gasteiger partial charge in [-0.2, -0.15) is 0 Å². The molecule has 0 bridgehead atoms. The summed E-state index contributed by atoms with van der Waals surface area (Å²) in [4.78, 5) is 0. The molecular formula is C15H23NO2. The number of ether oxygens (including phenoxy) is 2. The summed E-state index contributed by atoms with van der Waals surface area (Å²) in [5.41, 5.74) is 8.26. The molecule has 1 aromatic rings. The summed E-state index contributed by atoms with van der Waals surface area (Å²) in [6, 6.07) is 6.15. The van der Waals surface area contributed by atoms with Crippen LogP contribution in [0.5, 0.6) is 5.75 Å². The van der Waals surface area contributed by atoms with Crippen molar-refractivity contribution < 1.29 is 9.47 Å². The third-order valence-corrected chi connectivity index (χ3v) is 3.40. The third-order valence-electron chi connectivity index (χ3n) is 3.40. The molecule has 0 spiro atoms. The zero-order valence-electron chi connectivity index (χ0n) is 11.5. The lowest BCUT2D eigenvalue weighted by Gasteiger charge is -2.17. The molecule has 1 aromatic carbocycles. The Morgan fingerprint density at radius 1 is 1.44 bits per heavy atom. The van der Waals surface area contributed by atoms with Gasteiger partial charge < -0.3 is 15.2 Å². The monoisotopic (exact) mass is 249 g/mol. The maximum absolute atomic E-state index is 5.98. The van der Waals surface area contributed by atoms with E-state index in [1.807, 2.05) is 13.0 Å². The van der Waals surface area contributed by atoms with E-state index < -0.39 is 0 Å². The molecule has 0 radical (unpaired) electrons. The Morgan fingerprint density at radius 3 is 2.83 bits per heavy atom. The lowest BCUT2D eigenvalue weighted by atomic mass is 10.1. The Morgan fingerprint density at radius 2 is 2.22 bits per heavy atom. The van der Waals surface area contributed by atoms with Gasteiger partial charge >= 0.3 is 0 Å². The van der Waals surface area contributed by atoms with Crippen LogP contribution in [0.15, 0.2) is 18.2 Å². The molecular weight excluding hydrogens is 226 g/mol. The lowest BCUT2D eigenvalue weighted by molar-refractivity contribution is 0.0262. The van der Waals surface area contributed by atoms with Crippen molar-refractivity contribution >= 4 is 0 Å². The van der Waals surface area contributed by atoms with Gasteiger partial charge in [0, 0.05) is 11.6 Å². The van der Waals surface area contributed by atoms with E-state index in [1.54, 1.807) is 0 Å². The highest BCUT2D eigenvalue weighted by Crippen LogP contribution is 2.26. The van der Waals surface area contributed by atoms with E-state index in [-0.39, 0.29) is 12.1 Å². The van der Waals surface area contributed by atoms with E-state index in [4.69, 9.17) is 15.2 Å². The van der Waals surface area contributed by atoms with E-state index in [2.05, 4.69) is 26.0 Å². The highest BCUT2D eigenvalue weighted by atomic mass is 16.5. The third kappa shape index (κ3) is 3.24. The summed E-state index contributed by atoms with van der Waals surface area (Å²) >= 11 is 0. The molecule has 1 fully saturated rings. The lowest BCUT2D eigenvalue weighted by Crippen LogP contribution is -2.19. The normalized spacial score (nSPS) is 25.1. The van der Waals surface area contributed by atoms with Crippen molar-refractivity contribution in [3.05, 3.63) is 29.3 Å². The van der Waals surface area contributed by atoms with Crippen LogP contribution in [0.25, 0.3) is 0 Å². The van der Waals surface area contributed by atoms with Gasteiger partial charge in [0.25, 0.3) is 0 Å². The van der Waals surface area contributed by atoms with Crippen molar-refractivity contribution in [1.29, 1.82) is 0 Å². The van der Waals surface area contributed by atoms with Gasteiger partial charge in [0.1, 0.15) is 12.4 Å². The molecule has 3 nitrogen and oxygen atoms in total. The van der Waals surface area contributed by atoms with Crippen LogP contribution in [0.4, 0.5) is 0 Å². The Kier molecular flexibility index (Phi) is 4.25. The van der Waals surface area contributed by atoms with Crippen molar-refractivity contribution in [1.82, 2.24) is 0 Å². The summed E-state index contributed by atoms with van der Waals surface area (Å²) in [6.07, 6.45) is 2.80. The zero-order chi connectivity index (χ0) is 13.1. The molecule has 1 heterocycles. The predicted molar refractivity (Wildman–Crippen MR) is 72.8 cm³/mol. The second-order valence-corrected chi connectivity index (χ2v) is 5.29. The number of benzene rings is 1. The largest absolute Gasteiger partial charge is 0.491 e. The number of rotatable bonds is 4. The van der Waals surface area contributed by atoms with Gasteiger partial charge in [-0.05, 0) is 39.7 Å². The average Bonchev–Trinajstić information content (AvgIpc) is 2.73. The molecule has 2 rings (SSSR count). The molecule has 100 valence electrons. The molecule has 0 amide bonds. The summed E-state index contributed by atoms with van der Waals surface area (Å²) in [7, 11) is 0. The van der Waals surface area contributed by atoms with Crippen LogP contribution in [0, 0.1) is 6.92 Å². The van der Waals surface area contributed by atoms with E-state index in [0.717, 1.165) is 24.2 Å². The molecule has 2 N–H and O–H groups in total. The second kappa shape index (κ2) is 5.72. The molecule has 18 heavy (non-hydrogen) atoms. The van der Waals surface area contributed by atoms with E-state index in [0.29, 0.717) is 12.7 Å². The minimum Gasteiger partial charge on any atom is -0.491 e. The van der Waals surface area contributed by atoms with E-state index in [9.17, 15) is 0 Å². The van der Waals surface area contributed by atoms with Crippen LogP contribution < -0.4 is 10.5 Å². The standard InChI is InChI=1S/C15H23NO2/c1-10-4-7-15(14(8-10)12(3)16)17-9-13-6-5-11(2)18-13/h4,7-8,11-13H,5-6,9,16H2,1-3H3/t11?,12-,13?/m1/s1. The predicted octanol–water partition coefficient (Wildman–Crippen LogP) is 2.96. The fraction of sp³-hybridized carbons (Fsp3) is 0.600. The molecule has 0 saturated carbocycles. The molecule has 1 saturated heterocycles. The Labute approximate surface area is 109 Å². The van der Waals surface area contributed by atoms with Crippen LogP contribution >= 0.6 is 0 Å². The van der Waals surface area contributed by atoms with Gasteiger partial charge in [-0.15, -0.1) is 0 Å². The smallest absolute Gasteiger partial charge is 0.124 e. The zero-order valence-corrected chi connectivity index (χ0v) is 11.5. The van der Waals surface area contributed by atoms with Crippen LogP contribution in [-0.2, 0) is 4.74 Å². The van der Waals surface area contributed by atoms with Crippen molar-refractivity contribution in [2.24, 2.45) is 5.73 Å². The maximum atomic E-state index is 5.98. The van der Waals surface area contributed by atoms with E-state index in [1.165, 1.54) is 5.56 Å². The average molecular weight is 249 g/mol. The van der Waals surface area contributed by atoms with Crippen molar-refractivity contribution in [2.45, 2.75) is 51.9 Å². The molecule has 2 unspecified atom stereocenters. The fourth-order valence-corrected chi connectivity index (χ4v) is 2.35. The van der Waals surface area contributed by atoms with Gasteiger partial charge in [0.2, 0.25) is 0 Å². The Bertz CT molecular complexity index is 403. The molecule has 1 aliphatic rings. The summed E-state index contributed by atoms with van der Waals surface area (Å²) in [6.45, 7) is 6.78. The molecule has 0 aromatic heterocycles. The molecule has 0 aliphatic carbocycles. The summed E-state index contributed by atoms with van der Waals surface area (Å²) in [5.74, 6) is 0.888. The quantitative estimate of drug-likeness (QED) is 0.892. The topological polar surface area (TPSA) is 44.5 Å². The molecule has 3 atom stereocenters. The summed E-state index contributed by atoms with van der Waals surface area (Å²) < 4.78 is 11.6. The van der Waals surface area contributed by atoms with Gasteiger partial charge in [-0.25, -0.2) is 0 Å². The van der Waals surface area contributed by atoms with Crippen molar-refractivity contribution in [3.63, 3.8) is 0 Å². The van der Waals surface area contributed by atoms with Crippen LogP contribution in [0.1, 0.15) is 43.9 Å². The number of hydrogen-bond donors (Lipinski definition) is 1. The minimum absolute atomic E-state index is 0.0108. The first-order chi connectivity index (χ1) is 8.56. The molecule has 1 aliphatic heterocycles. The van der Waals surface area contributed by atoms with Gasteiger partial charge in [-0.3, -0.25) is 0 Å². The number of nitrogens with two attached hydrogens (primary N) is 1. The Balaban J connectivity index is 2.00.